The summed E-state index contributed by atoms with van der Waals surface area (Å²) in [5.74, 6) is 1.78. The number of rotatable bonds is 7. The number of nitrogens with zero attached hydrogens (tertiary/aromatic N) is 3. The number of aliphatic hydroxyl groups is 1. The molecule has 0 spiro atoms. The van der Waals surface area contributed by atoms with Gasteiger partial charge in [-0.3, -0.25) is 4.90 Å². The van der Waals surface area contributed by atoms with E-state index in [1.807, 2.05) is 38.2 Å². The third-order valence-corrected chi connectivity index (χ3v) is 4.96. The monoisotopic (exact) mass is 355 g/mol. The van der Waals surface area contributed by atoms with Gasteiger partial charge in [-0.25, -0.2) is 4.98 Å². The molecule has 1 aromatic carbocycles. The Hall–Kier alpha value is -2.11. The van der Waals surface area contributed by atoms with E-state index in [0.29, 0.717) is 12.6 Å². The predicted octanol–water partition coefficient (Wildman–Crippen LogP) is 3.38. The summed E-state index contributed by atoms with van der Waals surface area (Å²) in [6, 6.07) is 10.9. The fourth-order valence-electron chi connectivity index (χ4n) is 3.66. The number of benzene rings is 1. The lowest BCUT2D eigenvalue weighted by Crippen LogP contribution is -2.23. The second-order valence-corrected chi connectivity index (χ2v) is 7.00. The summed E-state index contributed by atoms with van der Waals surface area (Å²) in [6.45, 7) is 4.54. The van der Waals surface area contributed by atoms with Crippen molar-refractivity contribution in [3.05, 3.63) is 53.2 Å². The van der Waals surface area contributed by atoms with Crippen molar-refractivity contribution >= 4 is 5.82 Å². The zero-order chi connectivity index (χ0) is 18.5. The first-order chi connectivity index (χ1) is 12.6. The maximum absolute atomic E-state index is 9.64. The topological polar surface area (TPSA) is 48.8 Å². The summed E-state index contributed by atoms with van der Waals surface area (Å²) in [5.41, 5.74) is 3.40. The van der Waals surface area contributed by atoms with Crippen LogP contribution in [0.2, 0.25) is 0 Å². The molecule has 0 bridgehead atoms. The molecule has 0 unspecified atom stereocenters. The molecule has 0 radical (unpaired) electrons. The van der Waals surface area contributed by atoms with Crippen molar-refractivity contribution in [3.8, 4) is 5.75 Å². The third-order valence-electron chi connectivity index (χ3n) is 4.96. The van der Waals surface area contributed by atoms with Gasteiger partial charge in [0.25, 0.3) is 0 Å². The molecular formula is C21H29N3O2. The average Bonchev–Trinajstić information content (AvgIpc) is 3.11. The largest absolute Gasteiger partial charge is 0.494 e. The van der Waals surface area contributed by atoms with E-state index < -0.39 is 0 Å². The Balaban J connectivity index is 1.78. The molecule has 0 amide bonds. The Morgan fingerprint density at radius 3 is 2.85 bits per heavy atom. The van der Waals surface area contributed by atoms with Crippen LogP contribution >= 0.6 is 0 Å². The Bertz CT molecular complexity index is 733. The van der Waals surface area contributed by atoms with E-state index in [4.69, 9.17) is 4.74 Å². The van der Waals surface area contributed by atoms with Crippen LogP contribution in [0.1, 0.15) is 42.5 Å². The molecule has 1 aromatic heterocycles. The molecule has 1 saturated heterocycles. The van der Waals surface area contributed by atoms with E-state index >= 15 is 0 Å². The minimum absolute atomic E-state index is 0.00313. The first-order valence-electron chi connectivity index (χ1n) is 9.35. The van der Waals surface area contributed by atoms with E-state index in [-0.39, 0.29) is 6.61 Å². The molecule has 3 rings (SSSR count). The van der Waals surface area contributed by atoms with E-state index in [9.17, 15) is 5.11 Å². The average molecular weight is 355 g/mol. The van der Waals surface area contributed by atoms with Crippen LogP contribution in [0.3, 0.4) is 0 Å². The normalized spacial score (nSPS) is 17.5. The lowest BCUT2D eigenvalue weighted by Gasteiger charge is -2.26. The zero-order valence-corrected chi connectivity index (χ0v) is 16.0. The van der Waals surface area contributed by atoms with E-state index in [1.165, 1.54) is 24.0 Å². The molecule has 0 saturated carbocycles. The van der Waals surface area contributed by atoms with Gasteiger partial charge in [0.05, 0.1) is 13.2 Å². The Morgan fingerprint density at radius 2 is 2.12 bits per heavy atom. The quantitative estimate of drug-likeness (QED) is 0.825. The fraction of sp³-hybridized carbons (Fsp3) is 0.476. The highest BCUT2D eigenvalue weighted by molar-refractivity contribution is 5.41. The molecule has 0 aliphatic carbocycles. The third kappa shape index (κ3) is 4.17. The second kappa shape index (κ2) is 8.52. The first kappa shape index (κ1) is 18.7. The lowest BCUT2D eigenvalue weighted by molar-refractivity contribution is 0.246. The van der Waals surface area contributed by atoms with Gasteiger partial charge in [-0.2, -0.15) is 0 Å². The number of hydrogen-bond donors (Lipinski definition) is 1. The van der Waals surface area contributed by atoms with Crippen molar-refractivity contribution in [2.45, 2.75) is 39.0 Å². The summed E-state index contributed by atoms with van der Waals surface area (Å²) < 4.78 is 5.59. The minimum Gasteiger partial charge on any atom is -0.494 e. The number of hydrogen-bond acceptors (Lipinski definition) is 5. The number of ether oxygens (including phenoxy) is 1. The van der Waals surface area contributed by atoms with Crippen LogP contribution in [0.25, 0.3) is 0 Å². The Morgan fingerprint density at radius 1 is 1.27 bits per heavy atom. The number of pyridine rings is 1. The smallest absolute Gasteiger partial charge is 0.128 e. The minimum atomic E-state index is 0.00313. The highest BCUT2D eigenvalue weighted by Crippen LogP contribution is 2.34. The summed E-state index contributed by atoms with van der Waals surface area (Å²) in [5, 5.41) is 9.64. The maximum atomic E-state index is 9.64. The van der Waals surface area contributed by atoms with Gasteiger partial charge in [-0.15, -0.1) is 0 Å². The summed E-state index contributed by atoms with van der Waals surface area (Å²) in [4.78, 5) is 9.00. The van der Waals surface area contributed by atoms with Gasteiger partial charge in [0.2, 0.25) is 0 Å². The number of likely N-dealkylation sites (tertiary alicyclic amines) is 1. The van der Waals surface area contributed by atoms with Crippen molar-refractivity contribution in [2.24, 2.45) is 0 Å². The lowest BCUT2D eigenvalue weighted by atomic mass is 10.0. The summed E-state index contributed by atoms with van der Waals surface area (Å²) >= 11 is 0. The van der Waals surface area contributed by atoms with Crippen molar-refractivity contribution in [2.75, 3.05) is 32.1 Å². The fourth-order valence-corrected chi connectivity index (χ4v) is 3.66. The SMILES string of the molecule is CCOc1ccc(CN2CCC[C@@H]2c2ccnc(N(C)C)c2)cc1CO. The number of aromatic nitrogens is 1. The molecule has 26 heavy (non-hydrogen) atoms. The predicted molar refractivity (Wildman–Crippen MR) is 104 cm³/mol. The molecule has 2 aromatic rings. The molecule has 5 heteroatoms. The zero-order valence-electron chi connectivity index (χ0n) is 16.0. The van der Waals surface area contributed by atoms with Crippen LogP contribution in [0.15, 0.2) is 36.5 Å². The molecule has 1 fully saturated rings. The molecule has 1 aliphatic rings. The van der Waals surface area contributed by atoms with Gasteiger partial charge in [0.15, 0.2) is 0 Å². The van der Waals surface area contributed by atoms with Gasteiger partial charge in [-0.1, -0.05) is 6.07 Å². The van der Waals surface area contributed by atoms with Crippen LogP contribution in [0, 0.1) is 0 Å². The number of anilines is 1. The van der Waals surface area contributed by atoms with Crippen LogP contribution < -0.4 is 9.64 Å². The first-order valence-corrected chi connectivity index (χ1v) is 9.35. The molecule has 140 valence electrons. The highest BCUT2D eigenvalue weighted by Gasteiger charge is 2.26. The summed E-state index contributed by atoms with van der Waals surface area (Å²) in [7, 11) is 4.05. The van der Waals surface area contributed by atoms with Crippen LogP contribution in [0.5, 0.6) is 5.75 Å². The number of aliphatic hydroxyl groups excluding tert-OH is 1. The van der Waals surface area contributed by atoms with Crippen molar-refractivity contribution in [1.82, 2.24) is 9.88 Å². The van der Waals surface area contributed by atoms with Crippen LogP contribution in [-0.2, 0) is 13.2 Å². The van der Waals surface area contributed by atoms with Crippen LogP contribution in [-0.4, -0.2) is 42.2 Å². The molecule has 1 N–H and O–H groups in total. The maximum Gasteiger partial charge on any atom is 0.128 e. The standard InChI is InChI=1S/C21H29N3O2/c1-4-26-20-8-7-16(12-18(20)15-25)14-24-11-5-6-19(24)17-9-10-22-21(13-17)23(2)3/h7-10,12-13,19,25H,4-6,11,14-15H2,1-3H3/t19-/m1/s1. The Labute approximate surface area is 156 Å². The van der Waals surface area contributed by atoms with Gasteiger partial charge in [-0.05, 0) is 61.7 Å². The van der Waals surface area contributed by atoms with Gasteiger partial charge in [0, 0.05) is 38.4 Å². The van der Waals surface area contributed by atoms with Crippen LogP contribution in [0.4, 0.5) is 5.82 Å². The molecule has 1 atom stereocenters. The molecule has 2 heterocycles. The van der Waals surface area contributed by atoms with Gasteiger partial charge in [0.1, 0.15) is 11.6 Å². The van der Waals surface area contributed by atoms with Crippen molar-refractivity contribution in [3.63, 3.8) is 0 Å². The van der Waals surface area contributed by atoms with Crippen molar-refractivity contribution in [1.29, 1.82) is 0 Å². The van der Waals surface area contributed by atoms with Crippen molar-refractivity contribution < 1.29 is 9.84 Å². The van der Waals surface area contributed by atoms with E-state index in [2.05, 4.69) is 34.1 Å². The van der Waals surface area contributed by atoms with E-state index in [0.717, 1.165) is 30.2 Å². The second-order valence-electron chi connectivity index (χ2n) is 7.00. The molecular weight excluding hydrogens is 326 g/mol. The summed E-state index contributed by atoms with van der Waals surface area (Å²) in [6.07, 6.45) is 4.27. The van der Waals surface area contributed by atoms with E-state index in [1.54, 1.807) is 0 Å². The molecule has 5 nitrogen and oxygen atoms in total. The molecule has 1 aliphatic heterocycles. The highest BCUT2D eigenvalue weighted by atomic mass is 16.5. The van der Waals surface area contributed by atoms with Gasteiger partial charge >= 0.3 is 0 Å². The Kier molecular flexibility index (Phi) is 6.12. The van der Waals surface area contributed by atoms with Gasteiger partial charge < -0.3 is 14.7 Å².